The van der Waals surface area contributed by atoms with Crippen molar-refractivity contribution in [3.63, 3.8) is 0 Å². The van der Waals surface area contributed by atoms with Crippen LogP contribution in [0.3, 0.4) is 0 Å². The minimum Gasteiger partial charge on any atom is -0.369 e. The highest BCUT2D eigenvalue weighted by atomic mass is 19.4. The quantitative estimate of drug-likeness (QED) is 0.844. The number of benzene rings is 1. The van der Waals surface area contributed by atoms with Gasteiger partial charge in [-0.15, -0.1) is 0 Å². The molecule has 0 aromatic heterocycles. The number of carbonyl (C=O) groups is 2. The van der Waals surface area contributed by atoms with E-state index in [-0.39, 0.29) is 30.1 Å². The number of halogens is 3. The normalized spacial score (nSPS) is 16.6. The molecule has 1 aromatic rings. The summed E-state index contributed by atoms with van der Waals surface area (Å²) in [5.41, 5.74) is -0.874. The monoisotopic (exact) mass is 286 g/mol. The molecule has 1 aliphatic heterocycles. The van der Waals surface area contributed by atoms with Crippen LogP contribution in [0.15, 0.2) is 18.2 Å². The molecule has 108 valence electrons. The number of rotatable bonds is 2. The van der Waals surface area contributed by atoms with Crippen molar-refractivity contribution in [2.24, 2.45) is 0 Å². The molecule has 1 saturated heterocycles. The maximum atomic E-state index is 13.1. The summed E-state index contributed by atoms with van der Waals surface area (Å²) < 4.78 is 39.2. The van der Waals surface area contributed by atoms with Gasteiger partial charge in [0.2, 0.25) is 5.91 Å². The molecular weight excluding hydrogens is 273 g/mol. The lowest BCUT2D eigenvalue weighted by atomic mass is 10.1. The van der Waals surface area contributed by atoms with Crippen molar-refractivity contribution in [3.8, 4) is 0 Å². The first kappa shape index (κ1) is 14.4. The van der Waals surface area contributed by atoms with Crippen LogP contribution in [0.2, 0.25) is 0 Å². The van der Waals surface area contributed by atoms with Crippen molar-refractivity contribution in [3.05, 3.63) is 29.3 Å². The molecule has 0 bridgehead atoms. The van der Waals surface area contributed by atoms with Crippen LogP contribution in [-0.4, -0.2) is 31.8 Å². The molecule has 0 saturated carbocycles. The molecule has 7 heteroatoms. The third-order valence-corrected chi connectivity index (χ3v) is 3.12. The Morgan fingerprint density at radius 3 is 2.65 bits per heavy atom. The third kappa shape index (κ3) is 3.09. The number of aldehydes is 1. The predicted octanol–water partition coefficient (Wildman–Crippen LogP) is 1.84. The standard InChI is InChI=1S/C13H13F3N2O2/c14-13(15,16)10-7-9(8-19)1-2-11(10)18-5-3-12(20)17-4-6-18/h1-2,7-8H,3-6H2,(H,17,20). The van der Waals surface area contributed by atoms with Gasteiger partial charge >= 0.3 is 6.18 Å². The van der Waals surface area contributed by atoms with Gasteiger partial charge in [0.15, 0.2) is 0 Å². The van der Waals surface area contributed by atoms with Crippen LogP contribution < -0.4 is 10.2 Å². The molecule has 1 N–H and O–H groups in total. The Hall–Kier alpha value is -2.05. The van der Waals surface area contributed by atoms with Gasteiger partial charge in [-0.1, -0.05) is 0 Å². The molecular formula is C13H13F3N2O2. The van der Waals surface area contributed by atoms with Crippen molar-refractivity contribution < 1.29 is 22.8 Å². The number of nitrogens with one attached hydrogen (secondary N) is 1. The van der Waals surface area contributed by atoms with E-state index in [0.29, 0.717) is 19.4 Å². The molecule has 20 heavy (non-hydrogen) atoms. The Morgan fingerprint density at radius 2 is 2.00 bits per heavy atom. The lowest BCUT2D eigenvalue weighted by Gasteiger charge is -2.25. The van der Waals surface area contributed by atoms with E-state index >= 15 is 0 Å². The van der Waals surface area contributed by atoms with Gasteiger partial charge in [0, 0.05) is 37.3 Å². The second kappa shape index (κ2) is 5.52. The van der Waals surface area contributed by atoms with E-state index in [1.165, 1.54) is 17.0 Å². The molecule has 0 radical (unpaired) electrons. The van der Waals surface area contributed by atoms with Crippen molar-refractivity contribution in [2.45, 2.75) is 12.6 Å². The summed E-state index contributed by atoms with van der Waals surface area (Å²) in [5, 5.41) is 2.61. The molecule has 0 spiro atoms. The van der Waals surface area contributed by atoms with E-state index in [4.69, 9.17) is 0 Å². The number of hydrogen-bond acceptors (Lipinski definition) is 3. The van der Waals surface area contributed by atoms with E-state index in [1.807, 2.05) is 0 Å². The van der Waals surface area contributed by atoms with Crippen LogP contribution in [-0.2, 0) is 11.0 Å². The van der Waals surface area contributed by atoms with Crippen LogP contribution >= 0.6 is 0 Å². The second-order valence-electron chi connectivity index (χ2n) is 4.48. The fourth-order valence-corrected chi connectivity index (χ4v) is 2.14. The van der Waals surface area contributed by atoms with E-state index in [0.717, 1.165) is 6.07 Å². The Kier molecular flexibility index (Phi) is 3.96. The van der Waals surface area contributed by atoms with Crippen LogP contribution in [0.1, 0.15) is 22.3 Å². The summed E-state index contributed by atoms with van der Waals surface area (Å²) in [4.78, 5) is 23.4. The lowest BCUT2D eigenvalue weighted by molar-refractivity contribution is -0.137. The van der Waals surface area contributed by atoms with Gasteiger partial charge < -0.3 is 10.2 Å². The van der Waals surface area contributed by atoms with Crippen molar-refractivity contribution in [2.75, 3.05) is 24.5 Å². The predicted molar refractivity (Wildman–Crippen MR) is 66.7 cm³/mol. The highest BCUT2D eigenvalue weighted by Crippen LogP contribution is 2.37. The first-order chi connectivity index (χ1) is 9.41. The average molecular weight is 286 g/mol. The van der Waals surface area contributed by atoms with Gasteiger partial charge in [0.25, 0.3) is 0 Å². The summed E-state index contributed by atoms with van der Waals surface area (Å²) in [6, 6.07) is 3.46. The second-order valence-corrected chi connectivity index (χ2v) is 4.48. The smallest absolute Gasteiger partial charge is 0.369 e. The Morgan fingerprint density at radius 1 is 1.25 bits per heavy atom. The molecule has 1 fully saturated rings. The van der Waals surface area contributed by atoms with E-state index in [9.17, 15) is 22.8 Å². The fourth-order valence-electron chi connectivity index (χ4n) is 2.14. The SMILES string of the molecule is O=Cc1ccc(N2CCNC(=O)CC2)c(C(F)(F)F)c1. The van der Waals surface area contributed by atoms with Crippen molar-refractivity contribution >= 4 is 17.9 Å². The topological polar surface area (TPSA) is 49.4 Å². The number of hydrogen-bond donors (Lipinski definition) is 1. The number of amides is 1. The number of carbonyl (C=O) groups excluding carboxylic acids is 2. The summed E-state index contributed by atoms with van der Waals surface area (Å²) in [7, 11) is 0. The van der Waals surface area contributed by atoms with Gasteiger partial charge in [-0.3, -0.25) is 9.59 Å². The molecule has 4 nitrogen and oxygen atoms in total. The van der Waals surface area contributed by atoms with Crippen LogP contribution in [0.4, 0.5) is 18.9 Å². The summed E-state index contributed by atoms with van der Waals surface area (Å²) in [5.74, 6) is -0.175. The molecule has 2 rings (SSSR count). The maximum absolute atomic E-state index is 13.1. The molecule has 1 aliphatic rings. The van der Waals surface area contributed by atoms with Crippen LogP contribution in [0, 0.1) is 0 Å². The summed E-state index contributed by atoms with van der Waals surface area (Å²) >= 11 is 0. The van der Waals surface area contributed by atoms with Gasteiger partial charge in [0.1, 0.15) is 6.29 Å². The molecule has 0 aliphatic carbocycles. The highest BCUT2D eigenvalue weighted by molar-refractivity contribution is 5.79. The van der Waals surface area contributed by atoms with Crippen LogP contribution in [0.5, 0.6) is 0 Å². The first-order valence-electron chi connectivity index (χ1n) is 6.10. The molecule has 0 unspecified atom stereocenters. The van der Waals surface area contributed by atoms with Gasteiger partial charge in [-0.2, -0.15) is 13.2 Å². The first-order valence-corrected chi connectivity index (χ1v) is 6.10. The highest BCUT2D eigenvalue weighted by Gasteiger charge is 2.35. The molecule has 1 aromatic carbocycles. The zero-order chi connectivity index (χ0) is 14.8. The van der Waals surface area contributed by atoms with Gasteiger partial charge in [0.05, 0.1) is 5.56 Å². The summed E-state index contributed by atoms with van der Waals surface area (Å²) in [6.45, 7) is 0.816. The number of alkyl halides is 3. The summed E-state index contributed by atoms with van der Waals surface area (Å²) in [6.07, 6.45) is -4.02. The van der Waals surface area contributed by atoms with Crippen LogP contribution in [0.25, 0.3) is 0 Å². The lowest BCUT2D eigenvalue weighted by Crippen LogP contribution is -2.30. The van der Waals surface area contributed by atoms with Crippen molar-refractivity contribution in [1.29, 1.82) is 0 Å². The zero-order valence-electron chi connectivity index (χ0n) is 10.5. The van der Waals surface area contributed by atoms with Gasteiger partial charge in [-0.25, -0.2) is 0 Å². The van der Waals surface area contributed by atoms with E-state index in [2.05, 4.69) is 5.32 Å². The molecule has 0 atom stereocenters. The molecule has 1 amide bonds. The molecule has 1 heterocycles. The third-order valence-electron chi connectivity index (χ3n) is 3.12. The maximum Gasteiger partial charge on any atom is 0.418 e. The zero-order valence-corrected chi connectivity index (χ0v) is 10.5. The fraction of sp³-hybridized carbons (Fsp3) is 0.385. The number of nitrogens with zero attached hydrogens (tertiary/aromatic N) is 1. The minimum absolute atomic E-state index is 0.000370. The minimum atomic E-state index is -4.54. The number of anilines is 1. The largest absolute Gasteiger partial charge is 0.418 e. The Balaban J connectivity index is 2.39. The van der Waals surface area contributed by atoms with E-state index < -0.39 is 11.7 Å². The Labute approximate surface area is 113 Å². The Bertz CT molecular complexity index is 529. The average Bonchev–Trinajstić information content (AvgIpc) is 2.62. The van der Waals surface area contributed by atoms with E-state index in [1.54, 1.807) is 0 Å². The van der Waals surface area contributed by atoms with Gasteiger partial charge in [-0.05, 0) is 18.2 Å². The van der Waals surface area contributed by atoms with Crippen molar-refractivity contribution in [1.82, 2.24) is 5.32 Å².